The number of morpholine rings is 1. The van der Waals surface area contributed by atoms with Gasteiger partial charge in [0, 0.05) is 45.8 Å². The summed E-state index contributed by atoms with van der Waals surface area (Å²) in [5, 5.41) is 3.14. The third-order valence-corrected chi connectivity index (χ3v) is 4.46. The number of benzene rings is 1. The van der Waals surface area contributed by atoms with Crippen LogP contribution in [0.2, 0.25) is 0 Å². The molecule has 0 bridgehead atoms. The molecule has 1 N–H and O–H groups in total. The Bertz CT molecular complexity index is 543. The fourth-order valence-corrected chi connectivity index (χ4v) is 3.10. The third kappa shape index (κ3) is 6.33. The lowest BCUT2D eigenvalue weighted by atomic mass is 9.92. The van der Waals surface area contributed by atoms with Crippen molar-refractivity contribution in [3.8, 4) is 0 Å². The molecule has 0 saturated carbocycles. The second kappa shape index (κ2) is 8.68. The highest BCUT2D eigenvalue weighted by Crippen LogP contribution is 2.24. The Morgan fingerprint density at radius 2 is 1.80 bits per heavy atom. The molecule has 25 heavy (non-hydrogen) atoms. The zero-order chi connectivity index (χ0) is 18.4. The van der Waals surface area contributed by atoms with Crippen LogP contribution < -0.4 is 10.2 Å². The molecule has 140 valence electrons. The van der Waals surface area contributed by atoms with E-state index in [2.05, 4.69) is 60.2 Å². The van der Waals surface area contributed by atoms with Gasteiger partial charge in [-0.15, -0.1) is 0 Å². The molecule has 1 amide bonds. The van der Waals surface area contributed by atoms with Crippen molar-refractivity contribution in [2.45, 2.75) is 33.2 Å². The van der Waals surface area contributed by atoms with Crippen LogP contribution in [-0.2, 0) is 9.53 Å². The van der Waals surface area contributed by atoms with Crippen molar-refractivity contribution in [3.63, 3.8) is 0 Å². The van der Waals surface area contributed by atoms with Gasteiger partial charge in [-0.05, 0) is 23.1 Å². The van der Waals surface area contributed by atoms with Crippen LogP contribution in [0.15, 0.2) is 24.3 Å². The number of ether oxygens (including phenoxy) is 1. The van der Waals surface area contributed by atoms with Gasteiger partial charge in [-0.25, -0.2) is 0 Å². The molecule has 1 atom stereocenters. The molecular formula is C20H33N3O2. The molecule has 1 saturated heterocycles. The molecule has 0 unspecified atom stereocenters. The molecule has 0 spiro atoms. The monoisotopic (exact) mass is 347 g/mol. The number of carbonyl (C=O) groups is 1. The van der Waals surface area contributed by atoms with Crippen LogP contribution in [-0.4, -0.2) is 57.8 Å². The van der Waals surface area contributed by atoms with Gasteiger partial charge < -0.3 is 15.0 Å². The average Bonchev–Trinajstić information content (AvgIpc) is 2.55. The van der Waals surface area contributed by atoms with Crippen molar-refractivity contribution in [1.29, 1.82) is 0 Å². The van der Waals surface area contributed by atoms with E-state index in [0.29, 0.717) is 13.0 Å². The second-order valence-corrected chi connectivity index (χ2v) is 8.19. The van der Waals surface area contributed by atoms with Gasteiger partial charge in [0.1, 0.15) is 0 Å². The van der Waals surface area contributed by atoms with Crippen LogP contribution in [0.3, 0.4) is 0 Å². The predicted molar refractivity (Wildman–Crippen MR) is 103 cm³/mol. The average molecular weight is 348 g/mol. The summed E-state index contributed by atoms with van der Waals surface area (Å²) in [6.07, 6.45) is 0.544. The summed E-state index contributed by atoms with van der Waals surface area (Å²) in [4.78, 5) is 16.8. The predicted octanol–water partition coefficient (Wildman–Crippen LogP) is 2.68. The van der Waals surface area contributed by atoms with Gasteiger partial charge >= 0.3 is 0 Å². The van der Waals surface area contributed by atoms with Gasteiger partial charge in [0.05, 0.1) is 19.3 Å². The van der Waals surface area contributed by atoms with E-state index in [9.17, 15) is 4.79 Å². The smallest absolute Gasteiger partial charge is 0.220 e. The van der Waals surface area contributed by atoms with E-state index in [1.165, 1.54) is 11.3 Å². The Labute approximate surface area is 152 Å². The molecule has 1 heterocycles. The number of nitrogens with zero attached hydrogens (tertiary/aromatic N) is 2. The zero-order valence-electron chi connectivity index (χ0n) is 16.3. The lowest BCUT2D eigenvalue weighted by Gasteiger charge is -2.35. The molecule has 1 aromatic rings. The normalized spacial score (nSPS) is 17.2. The maximum Gasteiger partial charge on any atom is 0.220 e. The Morgan fingerprint density at radius 3 is 2.32 bits per heavy atom. The largest absolute Gasteiger partial charge is 0.379 e. The minimum Gasteiger partial charge on any atom is -0.379 e. The topological polar surface area (TPSA) is 44.8 Å². The van der Waals surface area contributed by atoms with E-state index in [4.69, 9.17) is 4.74 Å². The Morgan fingerprint density at radius 1 is 1.20 bits per heavy atom. The van der Waals surface area contributed by atoms with E-state index in [1.54, 1.807) is 0 Å². The van der Waals surface area contributed by atoms with Crippen LogP contribution in [0, 0.1) is 5.41 Å². The molecule has 5 heteroatoms. The van der Waals surface area contributed by atoms with Crippen molar-refractivity contribution < 1.29 is 9.53 Å². The lowest BCUT2D eigenvalue weighted by molar-refractivity contribution is -0.123. The Balaban J connectivity index is 2.08. The standard InChI is InChI=1S/C20H33N3O2/c1-20(2,3)14-19(24)21-15-18(23-10-12-25-13-11-23)16-6-8-17(9-7-16)22(4)5/h6-9,18H,10-15H2,1-5H3,(H,21,24)/t18-/m1/s1. The minimum absolute atomic E-state index is 0.00586. The summed E-state index contributed by atoms with van der Waals surface area (Å²) in [5.41, 5.74) is 2.43. The van der Waals surface area contributed by atoms with Gasteiger partial charge in [-0.3, -0.25) is 9.69 Å². The summed E-state index contributed by atoms with van der Waals surface area (Å²) >= 11 is 0. The van der Waals surface area contributed by atoms with E-state index in [-0.39, 0.29) is 17.4 Å². The highest BCUT2D eigenvalue weighted by molar-refractivity contribution is 5.76. The van der Waals surface area contributed by atoms with Crippen molar-refractivity contribution in [2.75, 3.05) is 51.8 Å². The van der Waals surface area contributed by atoms with E-state index in [0.717, 1.165) is 26.3 Å². The minimum atomic E-state index is 0.00586. The number of anilines is 1. The number of amides is 1. The van der Waals surface area contributed by atoms with Gasteiger partial charge in [0.15, 0.2) is 0 Å². The SMILES string of the molecule is CN(C)c1ccc([C@@H](CNC(=O)CC(C)(C)C)N2CCOCC2)cc1. The number of hydrogen-bond acceptors (Lipinski definition) is 4. The molecule has 2 rings (SSSR count). The first kappa shape index (κ1) is 19.7. The van der Waals surface area contributed by atoms with E-state index in [1.807, 2.05) is 14.1 Å². The summed E-state index contributed by atoms with van der Waals surface area (Å²) in [5.74, 6) is 0.121. The molecule has 1 aliphatic heterocycles. The van der Waals surface area contributed by atoms with Gasteiger partial charge in [0.25, 0.3) is 0 Å². The second-order valence-electron chi connectivity index (χ2n) is 8.19. The van der Waals surface area contributed by atoms with Crippen molar-refractivity contribution in [3.05, 3.63) is 29.8 Å². The first-order valence-electron chi connectivity index (χ1n) is 9.12. The fourth-order valence-electron chi connectivity index (χ4n) is 3.10. The van der Waals surface area contributed by atoms with Crippen molar-refractivity contribution in [2.24, 2.45) is 5.41 Å². The van der Waals surface area contributed by atoms with Crippen LogP contribution in [0.25, 0.3) is 0 Å². The molecule has 0 radical (unpaired) electrons. The molecule has 1 aliphatic rings. The Hall–Kier alpha value is -1.59. The molecule has 5 nitrogen and oxygen atoms in total. The molecule has 0 aromatic heterocycles. The fraction of sp³-hybridized carbons (Fsp3) is 0.650. The van der Waals surface area contributed by atoms with Crippen LogP contribution >= 0.6 is 0 Å². The highest BCUT2D eigenvalue weighted by Gasteiger charge is 2.24. The molecule has 1 aromatic carbocycles. The van der Waals surface area contributed by atoms with Gasteiger partial charge in [-0.2, -0.15) is 0 Å². The maximum absolute atomic E-state index is 12.3. The quantitative estimate of drug-likeness (QED) is 0.859. The molecule has 0 aliphatic carbocycles. The summed E-state index contributed by atoms with van der Waals surface area (Å²) < 4.78 is 5.49. The van der Waals surface area contributed by atoms with Crippen molar-refractivity contribution >= 4 is 11.6 Å². The number of nitrogens with one attached hydrogen (secondary N) is 1. The molecule has 1 fully saturated rings. The van der Waals surface area contributed by atoms with Gasteiger partial charge in [-0.1, -0.05) is 32.9 Å². The van der Waals surface area contributed by atoms with Gasteiger partial charge in [0.2, 0.25) is 5.91 Å². The summed E-state index contributed by atoms with van der Waals surface area (Å²) in [6.45, 7) is 10.2. The molecular weight excluding hydrogens is 314 g/mol. The first-order valence-corrected chi connectivity index (χ1v) is 9.12. The third-order valence-electron chi connectivity index (χ3n) is 4.46. The van der Waals surface area contributed by atoms with Crippen LogP contribution in [0.1, 0.15) is 38.8 Å². The zero-order valence-corrected chi connectivity index (χ0v) is 16.3. The first-order chi connectivity index (χ1) is 11.8. The van der Waals surface area contributed by atoms with E-state index >= 15 is 0 Å². The Kier molecular flexibility index (Phi) is 6.85. The van der Waals surface area contributed by atoms with Crippen molar-refractivity contribution in [1.82, 2.24) is 10.2 Å². The van der Waals surface area contributed by atoms with Crippen LogP contribution in [0.5, 0.6) is 0 Å². The lowest BCUT2D eigenvalue weighted by Crippen LogP contribution is -2.44. The number of rotatable bonds is 6. The van der Waals surface area contributed by atoms with Crippen LogP contribution in [0.4, 0.5) is 5.69 Å². The number of hydrogen-bond donors (Lipinski definition) is 1. The highest BCUT2D eigenvalue weighted by atomic mass is 16.5. The summed E-state index contributed by atoms with van der Waals surface area (Å²) in [6, 6.07) is 8.81. The maximum atomic E-state index is 12.3. The summed E-state index contributed by atoms with van der Waals surface area (Å²) in [7, 11) is 4.09. The van der Waals surface area contributed by atoms with E-state index < -0.39 is 0 Å². The number of carbonyl (C=O) groups excluding carboxylic acids is 1.